The highest BCUT2D eigenvalue weighted by molar-refractivity contribution is 9.10. The monoisotopic (exact) mass is 429 g/mol. The van der Waals surface area contributed by atoms with Crippen LogP contribution in [0.2, 0.25) is 0 Å². The van der Waals surface area contributed by atoms with Crippen molar-refractivity contribution in [2.75, 3.05) is 31.1 Å². The minimum absolute atomic E-state index is 0.0947. The molecule has 6 nitrogen and oxygen atoms in total. The molecule has 0 atom stereocenters. The van der Waals surface area contributed by atoms with Gasteiger partial charge in [0.05, 0.1) is 10.3 Å². The van der Waals surface area contributed by atoms with E-state index in [0.717, 1.165) is 41.7 Å². The molecule has 0 aromatic heterocycles. The highest BCUT2D eigenvalue weighted by Gasteiger charge is 2.53. The van der Waals surface area contributed by atoms with Crippen molar-refractivity contribution in [3.63, 3.8) is 0 Å². The maximum absolute atomic E-state index is 13.2. The Balaban J connectivity index is 1.42. The van der Waals surface area contributed by atoms with Gasteiger partial charge in [-0.15, -0.1) is 0 Å². The molecule has 27 heavy (non-hydrogen) atoms. The normalized spacial score (nSPS) is 18.3. The fourth-order valence-electron chi connectivity index (χ4n) is 3.79. The van der Waals surface area contributed by atoms with Crippen LogP contribution in [0.5, 0.6) is 0 Å². The van der Waals surface area contributed by atoms with E-state index in [0.29, 0.717) is 13.1 Å². The third-order valence-electron chi connectivity index (χ3n) is 5.53. The van der Waals surface area contributed by atoms with Gasteiger partial charge in [0.25, 0.3) is 5.69 Å². The number of nitrogens with zero attached hydrogens (tertiary/aromatic N) is 3. The molecule has 4 rings (SSSR count). The predicted molar refractivity (Wildman–Crippen MR) is 107 cm³/mol. The number of piperazine rings is 1. The number of nitro groups is 1. The first-order valence-electron chi connectivity index (χ1n) is 9.04. The van der Waals surface area contributed by atoms with E-state index < -0.39 is 4.92 Å². The second kappa shape index (κ2) is 6.96. The van der Waals surface area contributed by atoms with E-state index in [1.807, 2.05) is 23.1 Å². The molecule has 2 aliphatic rings. The van der Waals surface area contributed by atoms with Gasteiger partial charge in [-0.25, -0.2) is 0 Å². The standard InChI is InChI=1S/C20H20BrN3O3/c21-16-3-1-2-15(14-16)20(8-9-20)19(25)23-12-10-22(11-13-23)17-4-6-18(7-5-17)24(26)27/h1-7,14H,8-13H2. The molecule has 7 heteroatoms. The Labute approximate surface area is 166 Å². The van der Waals surface area contributed by atoms with Gasteiger partial charge < -0.3 is 9.80 Å². The molecule has 2 aromatic rings. The minimum Gasteiger partial charge on any atom is -0.368 e. The number of carbonyl (C=O) groups is 1. The third-order valence-corrected chi connectivity index (χ3v) is 6.02. The van der Waals surface area contributed by atoms with Crippen LogP contribution in [0.25, 0.3) is 0 Å². The van der Waals surface area contributed by atoms with Gasteiger partial charge in [0, 0.05) is 48.5 Å². The van der Waals surface area contributed by atoms with Crippen LogP contribution in [0, 0.1) is 10.1 Å². The van der Waals surface area contributed by atoms with Crippen LogP contribution >= 0.6 is 15.9 Å². The summed E-state index contributed by atoms with van der Waals surface area (Å²) in [4.78, 5) is 27.7. The number of non-ortho nitro benzene ring substituents is 1. The zero-order valence-electron chi connectivity index (χ0n) is 14.8. The number of rotatable bonds is 4. The van der Waals surface area contributed by atoms with Crippen LogP contribution < -0.4 is 4.90 Å². The maximum Gasteiger partial charge on any atom is 0.269 e. The van der Waals surface area contributed by atoms with Gasteiger partial charge in [-0.1, -0.05) is 28.1 Å². The number of amides is 1. The summed E-state index contributed by atoms with van der Waals surface area (Å²) in [6, 6.07) is 14.7. The highest BCUT2D eigenvalue weighted by Crippen LogP contribution is 2.50. The van der Waals surface area contributed by atoms with E-state index in [-0.39, 0.29) is 17.0 Å². The van der Waals surface area contributed by atoms with Crippen LogP contribution in [0.1, 0.15) is 18.4 Å². The molecule has 1 aliphatic carbocycles. The van der Waals surface area contributed by atoms with Crippen molar-refractivity contribution in [1.29, 1.82) is 0 Å². The summed E-state index contributed by atoms with van der Waals surface area (Å²) in [5, 5.41) is 10.8. The number of hydrogen-bond acceptors (Lipinski definition) is 4. The lowest BCUT2D eigenvalue weighted by Crippen LogP contribution is -2.51. The van der Waals surface area contributed by atoms with Crippen LogP contribution in [-0.2, 0) is 10.2 Å². The fraction of sp³-hybridized carbons (Fsp3) is 0.350. The van der Waals surface area contributed by atoms with E-state index >= 15 is 0 Å². The Morgan fingerprint density at radius 1 is 1.04 bits per heavy atom. The van der Waals surface area contributed by atoms with Gasteiger partial charge in [-0.3, -0.25) is 14.9 Å². The first-order chi connectivity index (χ1) is 13.0. The Kier molecular flexibility index (Phi) is 4.63. The van der Waals surface area contributed by atoms with Crippen molar-refractivity contribution in [1.82, 2.24) is 4.90 Å². The minimum atomic E-state index is -0.391. The molecule has 0 unspecified atom stereocenters. The SMILES string of the molecule is O=C(N1CCN(c2ccc([N+](=O)[O-])cc2)CC1)C1(c2cccc(Br)c2)CC1. The number of benzene rings is 2. The molecule has 2 fully saturated rings. The molecule has 2 aromatic carbocycles. The van der Waals surface area contributed by atoms with Gasteiger partial charge in [0.2, 0.25) is 5.91 Å². The van der Waals surface area contributed by atoms with Crippen molar-refractivity contribution < 1.29 is 9.72 Å². The summed E-state index contributed by atoms with van der Waals surface area (Å²) in [6.07, 6.45) is 1.82. The average Bonchev–Trinajstić information content (AvgIpc) is 3.50. The summed E-state index contributed by atoms with van der Waals surface area (Å²) in [5.41, 5.74) is 1.80. The van der Waals surface area contributed by atoms with Crippen molar-refractivity contribution in [2.24, 2.45) is 0 Å². The van der Waals surface area contributed by atoms with Gasteiger partial charge in [0.1, 0.15) is 0 Å². The number of nitro benzene ring substituents is 1. The van der Waals surface area contributed by atoms with Crippen molar-refractivity contribution in [3.8, 4) is 0 Å². The van der Waals surface area contributed by atoms with E-state index in [1.54, 1.807) is 12.1 Å². The Hall–Kier alpha value is -2.41. The Morgan fingerprint density at radius 3 is 2.26 bits per heavy atom. The number of halogens is 1. The fourth-order valence-corrected chi connectivity index (χ4v) is 4.19. The van der Waals surface area contributed by atoms with Crippen LogP contribution in [-0.4, -0.2) is 41.9 Å². The van der Waals surface area contributed by atoms with E-state index in [4.69, 9.17) is 0 Å². The lowest BCUT2D eigenvalue weighted by Gasteiger charge is -2.37. The van der Waals surface area contributed by atoms with Gasteiger partial charge >= 0.3 is 0 Å². The maximum atomic E-state index is 13.2. The largest absolute Gasteiger partial charge is 0.368 e. The average molecular weight is 430 g/mol. The topological polar surface area (TPSA) is 66.7 Å². The number of anilines is 1. The molecule has 1 saturated carbocycles. The molecular formula is C20H20BrN3O3. The molecule has 0 N–H and O–H groups in total. The van der Waals surface area contributed by atoms with Crippen LogP contribution in [0.3, 0.4) is 0 Å². The lowest BCUT2D eigenvalue weighted by molar-refractivity contribution is -0.384. The van der Waals surface area contributed by atoms with Crippen LogP contribution in [0.4, 0.5) is 11.4 Å². The summed E-state index contributed by atoms with van der Waals surface area (Å²) < 4.78 is 1.00. The predicted octanol–water partition coefficient (Wildman–Crippen LogP) is 3.74. The highest BCUT2D eigenvalue weighted by atomic mass is 79.9. The van der Waals surface area contributed by atoms with E-state index in [9.17, 15) is 14.9 Å². The summed E-state index contributed by atoms with van der Waals surface area (Å²) in [6.45, 7) is 2.81. The zero-order valence-corrected chi connectivity index (χ0v) is 16.4. The molecule has 1 heterocycles. The molecule has 1 saturated heterocycles. The number of carbonyl (C=O) groups excluding carboxylic acids is 1. The smallest absolute Gasteiger partial charge is 0.269 e. The van der Waals surface area contributed by atoms with Gasteiger partial charge in [-0.2, -0.15) is 0 Å². The molecule has 0 radical (unpaired) electrons. The van der Waals surface area contributed by atoms with Crippen molar-refractivity contribution >= 4 is 33.2 Å². The molecule has 1 aliphatic heterocycles. The first kappa shape index (κ1) is 18.0. The third kappa shape index (κ3) is 3.43. The second-order valence-corrected chi connectivity index (χ2v) is 8.06. The van der Waals surface area contributed by atoms with E-state index in [2.05, 4.69) is 26.9 Å². The lowest BCUT2D eigenvalue weighted by atomic mass is 9.94. The molecule has 1 amide bonds. The first-order valence-corrected chi connectivity index (χ1v) is 9.84. The zero-order chi connectivity index (χ0) is 19.0. The van der Waals surface area contributed by atoms with E-state index in [1.165, 1.54) is 12.1 Å². The molecule has 0 bridgehead atoms. The Bertz CT molecular complexity index is 872. The summed E-state index contributed by atoms with van der Waals surface area (Å²) in [5.74, 6) is 0.226. The van der Waals surface area contributed by atoms with Gasteiger partial charge in [-0.05, 0) is 42.7 Å². The Morgan fingerprint density at radius 2 is 1.70 bits per heavy atom. The molecular weight excluding hydrogens is 410 g/mol. The quantitative estimate of drug-likeness (QED) is 0.548. The number of hydrogen-bond donors (Lipinski definition) is 0. The van der Waals surface area contributed by atoms with Crippen molar-refractivity contribution in [3.05, 3.63) is 68.7 Å². The second-order valence-electron chi connectivity index (χ2n) is 7.15. The summed E-state index contributed by atoms with van der Waals surface area (Å²) >= 11 is 3.50. The summed E-state index contributed by atoms with van der Waals surface area (Å²) in [7, 11) is 0. The molecule has 0 spiro atoms. The van der Waals surface area contributed by atoms with Crippen LogP contribution in [0.15, 0.2) is 53.0 Å². The van der Waals surface area contributed by atoms with Gasteiger partial charge in [0.15, 0.2) is 0 Å². The molecule has 140 valence electrons. The van der Waals surface area contributed by atoms with Crippen molar-refractivity contribution in [2.45, 2.75) is 18.3 Å².